The molecule has 1 aromatic carbocycles. The van der Waals surface area contributed by atoms with E-state index in [1.54, 1.807) is 29.9 Å². The van der Waals surface area contributed by atoms with E-state index in [1.807, 2.05) is 34.6 Å². The van der Waals surface area contributed by atoms with E-state index in [2.05, 4.69) is 60.9 Å². The number of nitrogens with zero attached hydrogens (tertiary/aromatic N) is 7. The number of rotatable bonds is 4. The summed E-state index contributed by atoms with van der Waals surface area (Å²) in [5, 5.41) is 3.93. The van der Waals surface area contributed by atoms with Crippen LogP contribution >= 0.6 is 11.3 Å². The molecule has 148 valence electrons. The van der Waals surface area contributed by atoms with Crippen LogP contribution in [0.1, 0.15) is 0 Å². The number of benzene rings is 1. The highest BCUT2D eigenvalue weighted by Gasteiger charge is 2.15. The molecule has 0 saturated carbocycles. The largest absolute Gasteiger partial charge is 0.301 e. The molecule has 0 aliphatic heterocycles. The van der Waals surface area contributed by atoms with Crippen molar-refractivity contribution >= 4 is 22.4 Å². The molecule has 0 aliphatic carbocycles. The predicted octanol–water partition coefficient (Wildman–Crippen LogP) is 4.79. The summed E-state index contributed by atoms with van der Waals surface area (Å²) in [6, 6.07) is 14.4. The smallest absolute Gasteiger partial charge is 0.145 e. The first-order valence-corrected chi connectivity index (χ1v) is 10.5. The Morgan fingerprint density at radius 3 is 2.48 bits per heavy atom. The molecule has 0 saturated heterocycles. The van der Waals surface area contributed by atoms with Crippen LogP contribution in [0.25, 0.3) is 44.5 Å². The number of imidazole rings is 1. The average molecular weight is 421 g/mol. The van der Waals surface area contributed by atoms with Crippen LogP contribution in [-0.2, 0) is 0 Å². The highest BCUT2D eigenvalue weighted by atomic mass is 32.1. The van der Waals surface area contributed by atoms with Crippen molar-refractivity contribution in [3.05, 3.63) is 91.4 Å². The van der Waals surface area contributed by atoms with Gasteiger partial charge in [-0.1, -0.05) is 0 Å². The number of aromatic nitrogens is 7. The third kappa shape index (κ3) is 3.10. The number of hydrogen-bond donors (Lipinski definition) is 0. The Morgan fingerprint density at radius 2 is 1.68 bits per heavy atom. The Bertz CT molecular complexity index is 1470. The number of fused-ring (bicyclic) bond motifs is 1. The third-order valence-corrected chi connectivity index (χ3v) is 5.83. The van der Waals surface area contributed by atoms with E-state index in [1.165, 1.54) is 6.33 Å². The molecule has 0 radical (unpaired) electrons. The summed E-state index contributed by atoms with van der Waals surface area (Å²) in [4.78, 5) is 22.1. The Kier molecular flexibility index (Phi) is 4.14. The molecular formula is C23H15N7S. The minimum Gasteiger partial charge on any atom is -0.301 e. The quantitative estimate of drug-likeness (QED) is 0.409. The first-order chi connectivity index (χ1) is 15.4. The predicted molar refractivity (Wildman–Crippen MR) is 120 cm³/mol. The lowest BCUT2D eigenvalue weighted by Crippen LogP contribution is -1.98. The first kappa shape index (κ1) is 17.7. The zero-order valence-electron chi connectivity index (χ0n) is 16.2. The molecular weight excluding hydrogens is 406 g/mol. The van der Waals surface area contributed by atoms with Crippen LogP contribution in [0.5, 0.6) is 0 Å². The van der Waals surface area contributed by atoms with Gasteiger partial charge in [0.2, 0.25) is 0 Å². The van der Waals surface area contributed by atoms with Crippen molar-refractivity contribution in [2.24, 2.45) is 0 Å². The molecule has 0 spiro atoms. The SMILES string of the molecule is c1cnc2c(c1)ccn2-c1ccc(-c2nc(-c3nccs3)cn2-c2cncnc2)cc1. The fourth-order valence-electron chi connectivity index (χ4n) is 3.59. The maximum absolute atomic E-state index is 4.88. The van der Waals surface area contributed by atoms with Crippen molar-refractivity contribution in [1.82, 2.24) is 34.1 Å². The topological polar surface area (TPSA) is 74.3 Å². The summed E-state index contributed by atoms with van der Waals surface area (Å²) >= 11 is 1.56. The van der Waals surface area contributed by atoms with Gasteiger partial charge in [0.1, 0.15) is 28.5 Å². The van der Waals surface area contributed by atoms with Crippen LogP contribution in [0, 0.1) is 0 Å². The molecule has 31 heavy (non-hydrogen) atoms. The van der Waals surface area contributed by atoms with E-state index in [0.717, 1.165) is 44.5 Å². The Morgan fingerprint density at radius 1 is 0.806 bits per heavy atom. The summed E-state index contributed by atoms with van der Waals surface area (Å²) in [7, 11) is 0. The van der Waals surface area contributed by atoms with Crippen molar-refractivity contribution in [2.45, 2.75) is 0 Å². The highest BCUT2D eigenvalue weighted by Crippen LogP contribution is 2.29. The van der Waals surface area contributed by atoms with E-state index >= 15 is 0 Å². The fraction of sp³-hybridized carbons (Fsp3) is 0. The van der Waals surface area contributed by atoms with E-state index < -0.39 is 0 Å². The van der Waals surface area contributed by atoms with Crippen molar-refractivity contribution in [3.8, 4) is 33.5 Å². The number of thiazole rings is 1. The molecule has 8 heteroatoms. The van der Waals surface area contributed by atoms with Crippen molar-refractivity contribution in [3.63, 3.8) is 0 Å². The van der Waals surface area contributed by atoms with Crippen LogP contribution in [0.4, 0.5) is 0 Å². The number of hydrogen-bond acceptors (Lipinski definition) is 6. The lowest BCUT2D eigenvalue weighted by Gasteiger charge is -2.09. The molecule has 7 nitrogen and oxygen atoms in total. The van der Waals surface area contributed by atoms with Gasteiger partial charge in [0.05, 0.1) is 18.1 Å². The minimum absolute atomic E-state index is 0.807. The summed E-state index contributed by atoms with van der Waals surface area (Å²) in [5.74, 6) is 0.807. The molecule has 0 bridgehead atoms. The maximum Gasteiger partial charge on any atom is 0.145 e. The summed E-state index contributed by atoms with van der Waals surface area (Å²) in [5.41, 5.74) is 4.62. The zero-order chi connectivity index (χ0) is 20.6. The van der Waals surface area contributed by atoms with Gasteiger partial charge in [-0.05, 0) is 42.5 Å². The molecule has 0 atom stereocenters. The first-order valence-electron chi connectivity index (χ1n) is 9.64. The monoisotopic (exact) mass is 421 g/mol. The second-order valence-corrected chi connectivity index (χ2v) is 7.80. The second kappa shape index (κ2) is 7.26. The molecule has 5 heterocycles. The van der Waals surface area contributed by atoms with Gasteiger partial charge in [-0.3, -0.25) is 4.57 Å². The van der Waals surface area contributed by atoms with Crippen molar-refractivity contribution in [1.29, 1.82) is 0 Å². The fourth-order valence-corrected chi connectivity index (χ4v) is 4.19. The van der Waals surface area contributed by atoms with E-state index in [-0.39, 0.29) is 0 Å². The van der Waals surface area contributed by atoms with Crippen LogP contribution in [0.3, 0.4) is 0 Å². The lowest BCUT2D eigenvalue weighted by atomic mass is 10.2. The van der Waals surface area contributed by atoms with Crippen molar-refractivity contribution < 1.29 is 0 Å². The molecule has 0 N–H and O–H groups in total. The van der Waals surface area contributed by atoms with Gasteiger partial charge in [0.25, 0.3) is 0 Å². The van der Waals surface area contributed by atoms with Crippen molar-refractivity contribution in [2.75, 3.05) is 0 Å². The molecule has 0 fully saturated rings. The summed E-state index contributed by atoms with van der Waals surface area (Å²) in [6.45, 7) is 0. The van der Waals surface area contributed by atoms with Gasteiger partial charge < -0.3 is 4.57 Å². The molecule has 0 unspecified atom stereocenters. The molecule has 0 amide bonds. The van der Waals surface area contributed by atoms with E-state index in [0.29, 0.717) is 0 Å². The standard InChI is InChI=1S/C23H15N7S/c1-2-16-7-10-29(21(16)26-8-1)18-5-3-17(4-6-18)22-28-20(23-27-9-11-31-23)14-30(22)19-12-24-15-25-13-19/h1-15H. The third-order valence-electron chi connectivity index (χ3n) is 5.03. The molecule has 0 aliphatic rings. The van der Waals surface area contributed by atoms with Gasteiger partial charge in [-0.2, -0.15) is 0 Å². The normalized spacial score (nSPS) is 11.2. The second-order valence-electron chi connectivity index (χ2n) is 6.90. The number of pyridine rings is 1. The van der Waals surface area contributed by atoms with Gasteiger partial charge in [0.15, 0.2) is 0 Å². The zero-order valence-corrected chi connectivity index (χ0v) is 17.0. The van der Waals surface area contributed by atoms with Gasteiger partial charge in [-0.25, -0.2) is 24.9 Å². The Balaban J connectivity index is 1.45. The van der Waals surface area contributed by atoms with Gasteiger partial charge >= 0.3 is 0 Å². The Hall–Kier alpha value is -4.17. The Labute approximate surface area is 181 Å². The van der Waals surface area contributed by atoms with Crippen LogP contribution < -0.4 is 0 Å². The molecule has 5 aromatic heterocycles. The van der Waals surface area contributed by atoms with Crippen LogP contribution in [-0.4, -0.2) is 34.1 Å². The summed E-state index contributed by atoms with van der Waals surface area (Å²) in [6.07, 6.45) is 12.7. The molecule has 6 aromatic rings. The summed E-state index contributed by atoms with van der Waals surface area (Å²) < 4.78 is 4.08. The molecule has 6 rings (SSSR count). The minimum atomic E-state index is 0.807. The van der Waals surface area contributed by atoms with E-state index in [9.17, 15) is 0 Å². The highest BCUT2D eigenvalue weighted by molar-refractivity contribution is 7.13. The lowest BCUT2D eigenvalue weighted by molar-refractivity contribution is 1.01. The van der Waals surface area contributed by atoms with E-state index in [4.69, 9.17) is 4.98 Å². The van der Waals surface area contributed by atoms with Gasteiger partial charge in [0, 0.05) is 46.8 Å². The van der Waals surface area contributed by atoms with Crippen LogP contribution in [0.2, 0.25) is 0 Å². The maximum atomic E-state index is 4.88. The van der Waals surface area contributed by atoms with Crippen LogP contribution in [0.15, 0.2) is 91.4 Å². The van der Waals surface area contributed by atoms with Gasteiger partial charge in [-0.15, -0.1) is 11.3 Å². The average Bonchev–Trinajstić information content (AvgIpc) is 3.59.